The van der Waals surface area contributed by atoms with Gasteiger partial charge in [-0.1, -0.05) is 114 Å². The van der Waals surface area contributed by atoms with Gasteiger partial charge < -0.3 is 38.5 Å². The fourth-order valence-electron chi connectivity index (χ4n) is 6.19. The lowest BCUT2D eigenvalue weighted by atomic mass is 9.95. The normalized spacial score (nSPS) is 24.5. The summed E-state index contributed by atoms with van der Waals surface area (Å²) in [6.07, 6.45) is -6.74. The number of alkyl carbamates (subject to hydrolysis) is 1. The Balaban J connectivity index is 1.27. The first-order valence-corrected chi connectivity index (χ1v) is 16.7. The van der Waals surface area contributed by atoms with E-state index >= 15 is 0 Å². The maximum absolute atomic E-state index is 13.6. The van der Waals surface area contributed by atoms with Gasteiger partial charge in [0.15, 0.2) is 12.4 Å². The van der Waals surface area contributed by atoms with Crippen LogP contribution in [0.25, 0.3) is 11.1 Å². The van der Waals surface area contributed by atoms with Crippen molar-refractivity contribution in [3.8, 4) is 11.1 Å². The quantitative estimate of drug-likeness (QED) is 0.111. The first kappa shape index (κ1) is 35.1. The van der Waals surface area contributed by atoms with Crippen molar-refractivity contribution in [3.63, 3.8) is 0 Å². The zero-order valence-corrected chi connectivity index (χ0v) is 28.5. The van der Waals surface area contributed by atoms with Crippen molar-refractivity contribution in [1.29, 1.82) is 5.41 Å². The molecule has 2 unspecified atom stereocenters. The molecule has 49 heavy (non-hydrogen) atoms. The monoisotopic (exact) mass is 730 g/mol. The van der Waals surface area contributed by atoms with Gasteiger partial charge in [0.25, 0.3) is 3.79 Å². The predicted octanol–water partition coefficient (Wildman–Crippen LogP) is 6.38. The van der Waals surface area contributed by atoms with E-state index in [-0.39, 0.29) is 37.8 Å². The van der Waals surface area contributed by atoms with Crippen LogP contribution in [0.3, 0.4) is 0 Å². The standard InChI is InChI=1S/C35H33Cl3N2O9/c1-19(41)15-16-27(42)47-30-28(40-34(43)45-17-25-23-13-7-5-11-21(23)22-12-6-8-14-24(22)25)32(49-33(39)35(36,37)38)46-26-18-44-31(48-29(26)30)20-9-3-2-4-10-20/h2-14,25-26,28-32,39H,15-18H2,1H3,(H,40,43)/t26-,28-,29-,30-,31?,32?/m1/s1. The van der Waals surface area contributed by atoms with Gasteiger partial charge in [0.2, 0.25) is 12.2 Å². The first-order chi connectivity index (χ1) is 23.5. The van der Waals surface area contributed by atoms with E-state index in [4.69, 9.17) is 68.6 Å². The fraction of sp³-hybridized carbons (Fsp3) is 0.371. The summed E-state index contributed by atoms with van der Waals surface area (Å²) in [5.41, 5.74) is 4.83. The number of fused-ring (bicyclic) bond motifs is 4. The van der Waals surface area contributed by atoms with Gasteiger partial charge in [-0.2, -0.15) is 0 Å². The van der Waals surface area contributed by atoms with Crippen LogP contribution in [-0.4, -0.2) is 71.4 Å². The van der Waals surface area contributed by atoms with E-state index in [0.29, 0.717) is 5.56 Å². The largest absolute Gasteiger partial charge is 0.457 e. The molecule has 2 fully saturated rings. The van der Waals surface area contributed by atoms with Crippen LogP contribution in [-0.2, 0) is 38.0 Å². The summed E-state index contributed by atoms with van der Waals surface area (Å²) in [7, 11) is 0. The molecule has 1 aliphatic carbocycles. The number of nitrogens with one attached hydrogen (secondary N) is 2. The molecule has 258 valence electrons. The molecule has 6 rings (SSSR count). The van der Waals surface area contributed by atoms with Gasteiger partial charge in [0.05, 0.1) is 13.0 Å². The molecule has 6 atom stereocenters. The fourth-order valence-corrected chi connectivity index (χ4v) is 6.33. The molecule has 2 aliphatic heterocycles. The number of alkyl halides is 3. The molecule has 11 nitrogen and oxygen atoms in total. The number of Topliss-reactive ketones (excluding diaryl/α,β-unsaturated/α-hetero) is 1. The molecule has 0 radical (unpaired) electrons. The Morgan fingerprint density at radius 2 is 1.51 bits per heavy atom. The van der Waals surface area contributed by atoms with E-state index in [1.165, 1.54) is 6.92 Å². The number of hydrogen-bond acceptors (Lipinski definition) is 10. The van der Waals surface area contributed by atoms with Crippen molar-refractivity contribution in [3.05, 3.63) is 95.6 Å². The topological polar surface area (TPSA) is 142 Å². The molecule has 0 saturated carbocycles. The number of amides is 1. The number of rotatable bonds is 9. The summed E-state index contributed by atoms with van der Waals surface area (Å²) in [5, 5.41) is 10.9. The third-order valence-electron chi connectivity index (χ3n) is 8.48. The summed E-state index contributed by atoms with van der Waals surface area (Å²) >= 11 is 17.8. The molecular weight excluding hydrogens is 699 g/mol. The summed E-state index contributed by atoms with van der Waals surface area (Å²) in [5.74, 6) is -1.98. The molecule has 0 aromatic heterocycles. The zero-order valence-electron chi connectivity index (χ0n) is 26.2. The summed E-state index contributed by atoms with van der Waals surface area (Å²) < 4.78 is 33.4. The average molecular weight is 732 g/mol. The predicted molar refractivity (Wildman–Crippen MR) is 180 cm³/mol. The highest BCUT2D eigenvalue weighted by Gasteiger charge is 2.54. The lowest BCUT2D eigenvalue weighted by Gasteiger charge is -2.48. The first-order valence-electron chi connectivity index (χ1n) is 15.6. The van der Waals surface area contributed by atoms with Crippen LogP contribution in [0.2, 0.25) is 0 Å². The van der Waals surface area contributed by atoms with Crippen LogP contribution >= 0.6 is 34.8 Å². The van der Waals surface area contributed by atoms with Gasteiger partial charge in [-0.15, -0.1) is 0 Å². The highest BCUT2D eigenvalue weighted by atomic mass is 35.6. The average Bonchev–Trinajstić information content (AvgIpc) is 3.41. The molecule has 2 saturated heterocycles. The lowest BCUT2D eigenvalue weighted by Crippen LogP contribution is -2.68. The third-order valence-corrected chi connectivity index (χ3v) is 8.99. The minimum Gasteiger partial charge on any atom is -0.457 e. The third kappa shape index (κ3) is 8.03. The Labute approximate surface area is 297 Å². The summed E-state index contributed by atoms with van der Waals surface area (Å²) in [6.45, 7) is 1.31. The minimum atomic E-state index is -2.28. The number of esters is 1. The molecule has 3 aromatic carbocycles. The Bertz CT molecular complexity index is 1660. The van der Waals surface area contributed by atoms with E-state index < -0.39 is 58.7 Å². The molecular formula is C35H33Cl3N2O9. The molecule has 2 heterocycles. The summed E-state index contributed by atoms with van der Waals surface area (Å²) in [6, 6.07) is 23.5. The number of benzene rings is 3. The molecule has 2 N–H and O–H groups in total. The second-order valence-corrected chi connectivity index (χ2v) is 14.1. The van der Waals surface area contributed by atoms with Gasteiger partial charge >= 0.3 is 12.1 Å². The molecule has 0 spiro atoms. The van der Waals surface area contributed by atoms with Gasteiger partial charge in [-0.25, -0.2) is 4.79 Å². The summed E-state index contributed by atoms with van der Waals surface area (Å²) in [4.78, 5) is 38.3. The van der Waals surface area contributed by atoms with Gasteiger partial charge in [0, 0.05) is 17.9 Å². The van der Waals surface area contributed by atoms with E-state index in [1.807, 2.05) is 78.9 Å². The Morgan fingerprint density at radius 1 is 0.878 bits per heavy atom. The molecule has 14 heteroatoms. The van der Waals surface area contributed by atoms with Crippen molar-refractivity contribution in [1.82, 2.24) is 5.32 Å². The maximum Gasteiger partial charge on any atom is 0.407 e. The second kappa shape index (κ2) is 15.0. The number of ether oxygens (including phenoxy) is 6. The van der Waals surface area contributed by atoms with Crippen molar-refractivity contribution < 1.29 is 42.8 Å². The van der Waals surface area contributed by atoms with E-state index in [1.54, 1.807) is 0 Å². The lowest BCUT2D eigenvalue weighted by molar-refractivity contribution is -0.336. The maximum atomic E-state index is 13.6. The van der Waals surface area contributed by atoms with Crippen LogP contribution < -0.4 is 5.32 Å². The number of carbonyl (C=O) groups is 3. The molecule has 3 aromatic rings. The van der Waals surface area contributed by atoms with Gasteiger partial charge in [0.1, 0.15) is 30.6 Å². The number of halogens is 3. The molecule has 1 amide bonds. The number of carbonyl (C=O) groups excluding carboxylic acids is 3. The highest BCUT2D eigenvalue weighted by molar-refractivity contribution is 6.76. The van der Waals surface area contributed by atoms with Gasteiger partial charge in [-0.05, 0) is 29.2 Å². The van der Waals surface area contributed by atoms with E-state index in [2.05, 4.69) is 5.32 Å². The number of hydrogen-bond donors (Lipinski definition) is 2. The van der Waals surface area contributed by atoms with Crippen LogP contribution in [0.1, 0.15) is 48.7 Å². The van der Waals surface area contributed by atoms with Crippen LogP contribution in [0.15, 0.2) is 78.9 Å². The smallest absolute Gasteiger partial charge is 0.407 e. The SMILES string of the molecule is CC(=O)CCC(=O)O[C@H]1[C@@H]2OC(c3ccccc3)OC[C@H]2OC(OC(=N)C(Cl)(Cl)Cl)[C@@H]1NC(=O)OCC1c2ccccc2-c2ccccc21. The highest BCUT2D eigenvalue weighted by Crippen LogP contribution is 2.44. The van der Waals surface area contributed by atoms with E-state index in [9.17, 15) is 14.4 Å². The second-order valence-electron chi connectivity index (χ2n) is 11.8. The van der Waals surface area contributed by atoms with Crippen molar-refractivity contribution >= 4 is 58.5 Å². The molecule has 3 aliphatic rings. The van der Waals surface area contributed by atoms with Crippen molar-refractivity contribution in [2.24, 2.45) is 0 Å². The van der Waals surface area contributed by atoms with Crippen LogP contribution in [0, 0.1) is 5.41 Å². The zero-order chi connectivity index (χ0) is 34.7. The van der Waals surface area contributed by atoms with Crippen molar-refractivity contribution in [2.45, 2.75) is 66.4 Å². The Kier molecular flexibility index (Phi) is 10.8. The van der Waals surface area contributed by atoms with Crippen LogP contribution in [0.4, 0.5) is 4.79 Å². The number of ketones is 1. The van der Waals surface area contributed by atoms with E-state index in [0.717, 1.165) is 22.3 Å². The Morgan fingerprint density at radius 3 is 2.14 bits per heavy atom. The minimum absolute atomic E-state index is 0.0154. The van der Waals surface area contributed by atoms with Crippen LogP contribution in [0.5, 0.6) is 0 Å². The van der Waals surface area contributed by atoms with Gasteiger partial charge in [-0.3, -0.25) is 10.2 Å². The molecule has 0 bridgehead atoms. The van der Waals surface area contributed by atoms with Crippen molar-refractivity contribution in [2.75, 3.05) is 13.2 Å². The Hall–Kier alpha value is -3.71.